The van der Waals surface area contributed by atoms with E-state index < -0.39 is 12.1 Å². The standard InChI is InChI=1S/C7H16N2O4.C2H4O2.W/c1-8(5-12-3)4-9(2)6-13-7(10)11;1-2(3)4;/h4-6H2,1-3H3,(H,10,11);1H3,(H,3,4);. The zero-order valence-corrected chi connectivity index (χ0v) is 13.9. The molecule has 0 fully saturated rings. The molecule has 0 aromatic rings. The first-order valence-corrected chi connectivity index (χ1v) is 4.70. The first-order valence-electron chi connectivity index (χ1n) is 4.70. The van der Waals surface area contributed by atoms with Crippen molar-refractivity contribution in [3.05, 3.63) is 0 Å². The van der Waals surface area contributed by atoms with Crippen molar-refractivity contribution in [2.24, 2.45) is 0 Å². The molecule has 0 spiro atoms. The van der Waals surface area contributed by atoms with Gasteiger partial charge in [-0.15, -0.1) is 0 Å². The summed E-state index contributed by atoms with van der Waals surface area (Å²) in [4.78, 5) is 22.6. The predicted octanol–water partition coefficient (Wildman–Crippen LogP) is 0.152. The molecule has 0 saturated carbocycles. The summed E-state index contributed by atoms with van der Waals surface area (Å²) in [5, 5.41) is 15.6. The van der Waals surface area contributed by atoms with Crippen molar-refractivity contribution >= 4 is 12.1 Å². The molecule has 0 bridgehead atoms. The smallest absolute Gasteiger partial charge is 0.481 e. The number of nitrogens with zero attached hydrogens (tertiary/aromatic N) is 2. The molecule has 0 aromatic heterocycles. The van der Waals surface area contributed by atoms with Gasteiger partial charge in [-0.2, -0.15) is 0 Å². The third-order valence-corrected chi connectivity index (χ3v) is 1.24. The van der Waals surface area contributed by atoms with Gasteiger partial charge in [-0.3, -0.25) is 14.6 Å². The van der Waals surface area contributed by atoms with Gasteiger partial charge in [0.15, 0.2) is 0 Å². The minimum Gasteiger partial charge on any atom is -0.481 e. The van der Waals surface area contributed by atoms with Crippen LogP contribution in [0.4, 0.5) is 4.79 Å². The minimum absolute atomic E-state index is 0. The zero-order chi connectivity index (χ0) is 13.8. The molecule has 0 aliphatic rings. The van der Waals surface area contributed by atoms with E-state index in [-0.39, 0.29) is 27.8 Å². The fraction of sp³-hybridized carbons (Fsp3) is 0.778. The monoisotopic (exact) mass is 436 g/mol. The van der Waals surface area contributed by atoms with E-state index in [9.17, 15) is 4.79 Å². The fourth-order valence-electron chi connectivity index (χ4n) is 0.880. The Morgan fingerprint density at radius 1 is 1.11 bits per heavy atom. The van der Waals surface area contributed by atoms with E-state index >= 15 is 0 Å². The average Bonchev–Trinajstić information content (AvgIpc) is 2.14. The van der Waals surface area contributed by atoms with Crippen molar-refractivity contribution in [2.45, 2.75) is 6.92 Å². The number of methoxy groups -OCH3 is 1. The molecule has 108 valence electrons. The number of ether oxygens (including phenoxy) is 2. The maximum absolute atomic E-state index is 10.0. The number of aliphatic carboxylic acids is 1. The summed E-state index contributed by atoms with van der Waals surface area (Å²) < 4.78 is 9.23. The van der Waals surface area contributed by atoms with Crippen LogP contribution in [0.1, 0.15) is 6.92 Å². The summed E-state index contributed by atoms with van der Waals surface area (Å²) in [5.74, 6) is -0.833. The summed E-state index contributed by atoms with van der Waals surface area (Å²) >= 11 is 0. The van der Waals surface area contributed by atoms with Crippen LogP contribution in [0.5, 0.6) is 0 Å². The largest absolute Gasteiger partial charge is 0.507 e. The van der Waals surface area contributed by atoms with E-state index in [1.165, 1.54) is 0 Å². The van der Waals surface area contributed by atoms with Crippen LogP contribution in [-0.4, -0.2) is 73.5 Å². The Hall–Kier alpha value is -0.692. The fourth-order valence-corrected chi connectivity index (χ4v) is 0.880. The quantitative estimate of drug-likeness (QED) is 0.449. The second kappa shape index (κ2) is 14.4. The molecule has 0 saturated heterocycles. The molecular formula is C9H20N2O6W. The second-order valence-corrected chi connectivity index (χ2v) is 3.33. The molecule has 0 rings (SSSR count). The van der Waals surface area contributed by atoms with Crippen molar-refractivity contribution in [3.8, 4) is 0 Å². The topological polar surface area (TPSA) is 99.5 Å². The number of rotatable bonds is 6. The summed E-state index contributed by atoms with van der Waals surface area (Å²) in [5.41, 5.74) is 0. The van der Waals surface area contributed by atoms with Gasteiger partial charge in [0.25, 0.3) is 5.97 Å². The molecule has 0 aliphatic heterocycles. The van der Waals surface area contributed by atoms with Crippen LogP contribution in [0.25, 0.3) is 0 Å². The Morgan fingerprint density at radius 2 is 1.50 bits per heavy atom. The van der Waals surface area contributed by atoms with E-state index in [1.54, 1.807) is 19.1 Å². The Kier molecular flexibility index (Phi) is 18.0. The van der Waals surface area contributed by atoms with Gasteiger partial charge in [-0.25, -0.2) is 4.79 Å². The van der Waals surface area contributed by atoms with Crippen molar-refractivity contribution in [2.75, 3.05) is 41.3 Å². The Bertz CT molecular complexity index is 225. The molecular weight excluding hydrogens is 416 g/mol. The van der Waals surface area contributed by atoms with Crippen LogP contribution in [0.2, 0.25) is 0 Å². The van der Waals surface area contributed by atoms with E-state index in [4.69, 9.17) is 19.7 Å². The maximum Gasteiger partial charge on any atom is 0.507 e. The normalized spacial score (nSPS) is 9.22. The van der Waals surface area contributed by atoms with Crippen LogP contribution >= 0.6 is 0 Å². The zero-order valence-electron chi connectivity index (χ0n) is 11.0. The molecule has 0 radical (unpaired) electrons. The summed E-state index contributed by atoms with van der Waals surface area (Å²) in [6.07, 6.45) is -1.26. The third kappa shape index (κ3) is 24.5. The van der Waals surface area contributed by atoms with E-state index in [0.29, 0.717) is 13.4 Å². The van der Waals surface area contributed by atoms with Crippen LogP contribution in [0.15, 0.2) is 0 Å². The van der Waals surface area contributed by atoms with Gasteiger partial charge in [-0.1, -0.05) is 0 Å². The van der Waals surface area contributed by atoms with Gasteiger partial charge in [0.1, 0.15) is 6.73 Å². The van der Waals surface area contributed by atoms with Crippen LogP contribution < -0.4 is 0 Å². The van der Waals surface area contributed by atoms with E-state index in [1.807, 2.05) is 11.9 Å². The molecule has 0 aliphatic carbocycles. The second-order valence-electron chi connectivity index (χ2n) is 3.33. The number of carboxylic acids is 1. The van der Waals surface area contributed by atoms with Crippen LogP contribution in [-0.2, 0) is 35.3 Å². The summed E-state index contributed by atoms with van der Waals surface area (Å²) in [7, 11) is 5.22. The Labute approximate surface area is 121 Å². The maximum atomic E-state index is 10.0. The Morgan fingerprint density at radius 3 is 1.83 bits per heavy atom. The number of carbonyl (C=O) groups is 2. The number of carboxylic acid groups (broad SMARTS) is 2. The van der Waals surface area contributed by atoms with Gasteiger partial charge >= 0.3 is 6.16 Å². The average molecular weight is 436 g/mol. The molecule has 18 heavy (non-hydrogen) atoms. The molecule has 8 nitrogen and oxygen atoms in total. The summed E-state index contributed by atoms with van der Waals surface area (Å²) in [6, 6.07) is 0. The number of hydrogen-bond acceptors (Lipinski definition) is 6. The van der Waals surface area contributed by atoms with Gasteiger partial charge < -0.3 is 19.7 Å². The third-order valence-electron chi connectivity index (χ3n) is 1.24. The van der Waals surface area contributed by atoms with Crippen molar-refractivity contribution in [1.29, 1.82) is 0 Å². The van der Waals surface area contributed by atoms with Crippen molar-refractivity contribution < 1.29 is 50.3 Å². The van der Waals surface area contributed by atoms with Crippen LogP contribution in [0, 0.1) is 0 Å². The number of hydrogen-bond donors (Lipinski definition) is 2. The van der Waals surface area contributed by atoms with E-state index in [0.717, 1.165) is 6.92 Å². The summed E-state index contributed by atoms with van der Waals surface area (Å²) in [6.45, 7) is 2.22. The molecule has 0 amide bonds. The first kappa shape index (κ1) is 22.5. The van der Waals surface area contributed by atoms with Gasteiger partial charge in [0.05, 0.1) is 13.4 Å². The Balaban J connectivity index is -0.000000392. The molecule has 2 N–H and O–H groups in total. The molecule has 0 aromatic carbocycles. The SMILES string of the molecule is CC(=O)O.COCN(C)CN(C)COC(=O)O.[W]. The molecule has 9 heteroatoms. The first-order chi connectivity index (χ1) is 7.79. The molecule has 0 unspecified atom stereocenters. The molecule has 0 atom stereocenters. The van der Waals surface area contributed by atoms with Crippen LogP contribution in [0.3, 0.4) is 0 Å². The molecule has 0 heterocycles. The van der Waals surface area contributed by atoms with E-state index in [2.05, 4.69) is 4.74 Å². The van der Waals surface area contributed by atoms with Crippen molar-refractivity contribution in [3.63, 3.8) is 0 Å². The van der Waals surface area contributed by atoms with Gasteiger partial charge in [-0.05, 0) is 14.1 Å². The predicted molar refractivity (Wildman–Crippen MR) is 59.6 cm³/mol. The van der Waals surface area contributed by atoms with Gasteiger partial charge in [0, 0.05) is 35.1 Å². The minimum atomic E-state index is -1.26. The van der Waals surface area contributed by atoms with Gasteiger partial charge in [0.2, 0.25) is 0 Å². The van der Waals surface area contributed by atoms with Crippen molar-refractivity contribution in [1.82, 2.24) is 9.80 Å².